The minimum atomic E-state index is -3.50. The Hall–Kier alpha value is -3.60. The number of aromatic nitrogens is 1. The van der Waals surface area contributed by atoms with Crippen LogP contribution in [0.1, 0.15) is 29.1 Å². The Balaban J connectivity index is 1.61. The third kappa shape index (κ3) is 5.07. The first-order chi connectivity index (χ1) is 18.2. The van der Waals surface area contributed by atoms with Gasteiger partial charge in [0.2, 0.25) is 10.0 Å². The highest BCUT2D eigenvalue weighted by Gasteiger charge is 2.43. The molecule has 0 saturated carbocycles. The Labute approximate surface area is 231 Å². The number of rotatable bonds is 7. The van der Waals surface area contributed by atoms with Crippen LogP contribution < -0.4 is 19.7 Å². The van der Waals surface area contributed by atoms with Crippen LogP contribution in [0.4, 0.5) is 11.4 Å². The average Bonchev–Trinajstić information content (AvgIpc) is 3.50. The minimum Gasteiger partial charge on any atom is -0.494 e. The quantitative estimate of drug-likeness (QED) is 0.268. The van der Waals surface area contributed by atoms with Gasteiger partial charge in [-0.3, -0.25) is 9.71 Å². The van der Waals surface area contributed by atoms with Gasteiger partial charge < -0.3 is 19.4 Å². The van der Waals surface area contributed by atoms with Crippen molar-refractivity contribution in [1.82, 2.24) is 10.3 Å². The van der Waals surface area contributed by atoms with E-state index in [4.69, 9.17) is 33.0 Å². The maximum atomic E-state index is 11.8. The third-order valence-corrected chi connectivity index (χ3v) is 7.62. The van der Waals surface area contributed by atoms with Crippen LogP contribution in [0.2, 0.25) is 5.02 Å². The summed E-state index contributed by atoms with van der Waals surface area (Å²) in [6.07, 6.45) is 2.82. The van der Waals surface area contributed by atoms with E-state index in [9.17, 15) is 8.42 Å². The van der Waals surface area contributed by atoms with Crippen molar-refractivity contribution in [2.45, 2.75) is 19.0 Å². The molecule has 0 radical (unpaired) electrons. The molecule has 5 rings (SSSR count). The Bertz CT molecular complexity index is 1610. The fraction of sp³-hybridized carbons (Fsp3) is 0.185. The van der Waals surface area contributed by atoms with E-state index < -0.39 is 16.1 Å². The number of hydrogen-bond donors (Lipinski definition) is 2. The molecule has 2 N–H and O–H groups in total. The molecule has 3 heterocycles. The number of thiocarbonyl (C=S) groups is 1. The first-order valence-electron chi connectivity index (χ1n) is 11.7. The molecule has 1 saturated heterocycles. The van der Waals surface area contributed by atoms with Crippen LogP contribution in [-0.2, 0) is 10.0 Å². The highest BCUT2D eigenvalue weighted by Crippen LogP contribution is 2.44. The summed E-state index contributed by atoms with van der Waals surface area (Å²) in [5.74, 6) is 1.70. The molecule has 0 amide bonds. The van der Waals surface area contributed by atoms with Gasteiger partial charge in [-0.25, -0.2) is 8.42 Å². The Morgan fingerprint density at radius 3 is 2.66 bits per heavy atom. The van der Waals surface area contributed by atoms with Crippen molar-refractivity contribution in [2.24, 2.45) is 0 Å². The fourth-order valence-corrected chi connectivity index (χ4v) is 5.66. The van der Waals surface area contributed by atoms with Crippen molar-refractivity contribution in [3.8, 4) is 17.1 Å². The molecule has 4 aromatic rings. The molecule has 2 atom stereocenters. The molecule has 38 heavy (non-hydrogen) atoms. The molecule has 11 heteroatoms. The molecular weight excluding hydrogens is 544 g/mol. The Morgan fingerprint density at radius 2 is 1.95 bits per heavy atom. The van der Waals surface area contributed by atoms with E-state index in [1.165, 1.54) is 7.11 Å². The number of nitrogens with one attached hydrogen (secondary N) is 2. The van der Waals surface area contributed by atoms with Crippen LogP contribution >= 0.6 is 23.8 Å². The summed E-state index contributed by atoms with van der Waals surface area (Å²) in [6.45, 7) is 1.95. The number of anilines is 2. The first kappa shape index (κ1) is 26.0. The normalized spacial score (nSPS) is 17.4. The molecule has 0 unspecified atom stereocenters. The van der Waals surface area contributed by atoms with Gasteiger partial charge in [0.25, 0.3) is 0 Å². The zero-order chi connectivity index (χ0) is 27.0. The summed E-state index contributed by atoms with van der Waals surface area (Å²) < 4.78 is 38.1. The molecule has 0 bridgehead atoms. The van der Waals surface area contributed by atoms with Crippen molar-refractivity contribution >= 4 is 50.3 Å². The zero-order valence-corrected chi connectivity index (χ0v) is 23.2. The predicted octanol–water partition coefficient (Wildman–Crippen LogP) is 5.86. The van der Waals surface area contributed by atoms with Gasteiger partial charge in [-0.1, -0.05) is 29.8 Å². The number of methoxy groups -OCH3 is 1. The summed E-state index contributed by atoms with van der Waals surface area (Å²) in [5.41, 5.74) is 3.63. The second kappa shape index (κ2) is 10.3. The van der Waals surface area contributed by atoms with Crippen molar-refractivity contribution in [2.75, 3.05) is 23.0 Å². The van der Waals surface area contributed by atoms with Crippen LogP contribution in [0, 0.1) is 6.92 Å². The average molecular weight is 569 g/mol. The van der Waals surface area contributed by atoms with Crippen LogP contribution in [0.3, 0.4) is 0 Å². The molecule has 8 nitrogen and oxygen atoms in total. The van der Waals surface area contributed by atoms with E-state index in [1.54, 1.807) is 24.4 Å². The molecule has 1 aliphatic rings. The van der Waals surface area contributed by atoms with Crippen molar-refractivity contribution < 1.29 is 17.6 Å². The summed E-state index contributed by atoms with van der Waals surface area (Å²) in [7, 11) is -2.02. The highest BCUT2D eigenvalue weighted by molar-refractivity contribution is 7.92. The van der Waals surface area contributed by atoms with Gasteiger partial charge >= 0.3 is 0 Å². The lowest BCUT2D eigenvalue weighted by molar-refractivity contribution is 0.416. The van der Waals surface area contributed by atoms with Crippen LogP contribution in [0.15, 0.2) is 77.3 Å². The van der Waals surface area contributed by atoms with E-state index in [0.717, 1.165) is 23.1 Å². The van der Waals surface area contributed by atoms with Crippen molar-refractivity contribution in [1.29, 1.82) is 0 Å². The minimum absolute atomic E-state index is 0.317. The smallest absolute Gasteiger partial charge is 0.229 e. The van der Waals surface area contributed by atoms with Gasteiger partial charge in [0.05, 0.1) is 30.8 Å². The number of pyridine rings is 1. The van der Waals surface area contributed by atoms with E-state index in [-0.39, 0.29) is 6.04 Å². The van der Waals surface area contributed by atoms with Crippen LogP contribution in [0.25, 0.3) is 11.3 Å². The van der Waals surface area contributed by atoms with Crippen LogP contribution in [0.5, 0.6) is 5.75 Å². The molecule has 2 aromatic heterocycles. The summed E-state index contributed by atoms with van der Waals surface area (Å²) in [4.78, 5) is 6.49. The number of benzene rings is 2. The van der Waals surface area contributed by atoms with Gasteiger partial charge in [-0.05, 0) is 67.2 Å². The number of furan rings is 1. The predicted molar refractivity (Wildman–Crippen MR) is 153 cm³/mol. The monoisotopic (exact) mass is 568 g/mol. The van der Waals surface area contributed by atoms with Gasteiger partial charge in [-0.15, -0.1) is 0 Å². The summed E-state index contributed by atoms with van der Waals surface area (Å²) in [5, 5.41) is 4.51. The topological polar surface area (TPSA) is 96.7 Å². The van der Waals surface area contributed by atoms with E-state index >= 15 is 0 Å². The van der Waals surface area contributed by atoms with Crippen molar-refractivity contribution in [3.05, 3.63) is 95.0 Å². The molecule has 2 aromatic carbocycles. The second-order valence-corrected chi connectivity index (χ2v) is 11.4. The van der Waals surface area contributed by atoms with Gasteiger partial charge in [0, 0.05) is 28.5 Å². The van der Waals surface area contributed by atoms with Gasteiger partial charge in [0.15, 0.2) is 5.11 Å². The lowest BCUT2D eigenvalue weighted by atomic mass is 10.0. The van der Waals surface area contributed by atoms with Crippen molar-refractivity contribution in [3.63, 3.8) is 0 Å². The molecule has 0 spiro atoms. The summed E-state index contributed by atoms with van der Waals surface area (Å²) in [6, 6.07) is 19.7. The van der Waals surface area contributed by atoms with Crippen LogP contribution in [-0.4, -0.2) is 31.9 Å². The fourth-order valence-electron chi connectivity index (χ4n) is 4.57. The highest BCUT2D eigenvalue weighted by atomic mass is 35.5. The maximum Gasteiger partial charge on any atom is 0.229 e. The molecule has 0 aliphatic carbocycles. The third-order valence-electron chi connectivity index (χ3n) is 6.31. The van der Waals surface area contributed by atoms with E-state index in [0.29, 0.717) is 38.8 Å². The number of halogens is 1. The largest absolute Gasteiger partial charge is 0.494 e. The summed E-state index contributed by atoms with van der Waals surface area (Å²) >= 11 is 12.2. The Kier molecular flexibility index (Phi) is 7.04. The van der Waals surface area contributed by atoms with Gasteiger partial charge in [0.1, 0.15) is 23.3 Å². The Morgan fingerprint density at radius 1 is 1.13 bits per heavy atom. The lowest BCUT2D eigenvalue weighted by Gasteiger charge is -2.27. The molecular formula is C27H25ClN4O4S2. The zero-order valence-electron chi connectivity index (χ0n) is 20.8. The van der Waals surface area contributed by atoms with E-state index in [2.05, 4.69) is 15.0 Å². The number of ether oxygens (including phenoxy) is 1. The van der Waals surface area contributed by atoms with Gasteiger partial charge in [-0.2, -0.15) is 0 Å². The number of nitrogens with zero attached hydrogens (tertiary/aromatic N) is 2. The molecule has 1 fully saturated rings. The number of sulfonamides is 1. The number of hydrogen-bond acceptors (Lipinski definition) is 6. The first-order valence-corrected chi connectivity index (χ1v) is 14.4. The van der Waals surface area contributed by atoms with E-state index in [1.807, 2.05) is 60.4 Å². The molecule has 1 aliphatic heterocycles. The standard InChI is InChI=1S/C27H25ClN4O4S2/c1-16-18(7-6-8-19(16)28)22-12-13-23(36-22)26-25(21-9-4-5-14-29-21)30-27(37)32(26)17-10-11-20(24(15-17)35-2)31-38(3,33)34/h4-15,25-26,31H,1-3H3,(H,30,37)/t25-,26-/m1/s1. The molecule has 196 valence electrons. The lowest BCUT2D eigenvalue weighted by Crippen LogP contribution is -2.29. The second-order valence-electron chi connectivity index (χ2n) is 8.87. The SMILES string of the molecule is COc1cc(N2C(=S)N[C@H](c3ccccn3)[C@H]2c2ccc(-c3cccc(Cl)c3C)o2)ccc1NS(C)(=O)=O. The maximum absolute atomic E-state index is 11.8.